The molecular formula is C18H24N2O4S. The van der Waals surface area contributed by atoms with E-state index in [4.69, 9.17) is 0 Å². The van der Waals surface area contributed by atoms with E-state index >= 15 is 0 Å². The molecule has 25 heavy (non-hydrogen) atoms. The molecule has 1 saturated carbocycles. The highest BCUT2D eigenvalue weighted by molar-refractivity contribution is 7.92. The number of carbonyl (C=O) groups is 2. The highest BCUT2D eigenvalue weighted by atomic mass is 32.2. The van der Waals surface area contributed by atoms with Gasteiger partial charge in [-0.15, -0.1) is 0 Å². The molecule has 0 radical (unpaired) electrons. The summed E-state index contributed by atoms with van der Waals surface area (Å²) in [6, 6.07) is 6.58. The molecule has 0 aromatic heterocycles. The van der Waals surface area contributed by atoms with E-state index in [-0.39, 0.29) is 35.7 Å². The minimum atomic E-state index is -3.58. The summed E-state index contributed by atoms with van der Waals surface area (Å²) in [4.78, 5) is 26.5. The Morgan fingerprint density at radius 2 is 1.88 bits per heavy atom. The van der Waals surface area contributed by atoms with Crippen LogP contribution in [-0.2, 0) is 19.4 Å². The summed E-state index contributed by atoms with van der Waals surface area (Å²) in [5, 5.41) is 2.19. The summed E-state index contributed by atoms with van der Waals surface area (Å²) < 4.78 is 25.3. The molecule has 1 N–H and O–H groups in total. The van der Waals surface area contributed by atoms with Gasteiger partial charge in [0.25, 0.3) is 0 Å². The van der Waals surface area contributed by atoms with Crippen LogP contribution >= 0.6 is 0 Å². The molecule has 136 valence electrons. The van der Waals surface area contributed by atoms with E-state index in [0.29, 0.717) is 5.69 Å². The van der Waals surface area contributed by atoms with Gasteiger partial charge in [-0.3, -0.25) is 9.59 Å². The van der Waals surface area contributed by atoms with E-state index in [1.807, 2.05) is 0 Å². The molecule has 1 atom stereocenters. The minimum Gasteiger partial charge on any atom is -0.352 e. The maximum absolute atomic E-state index is 12.6. The summed E-state index contributed by atoms with van der Waals surface area (Å²) in [6.45, 7) is 1.39. The third-order valence-electron chi connectivity index (χ3n) is 5.03. The lowest BCUT2D eigenvalue weighted by Gasteiger charge is -2.26. The van der Waals surface area contributed by atoms with Gasteiger partial charge in [0.05, 0.1) is 15.8 Å². The number of fused-ring (bicyclic) bond motifs is 1. The van der Waals surface area contributed by atoms with Gasteiger partial charge in [-0.1, -0.05) is 31.4 Å². The van der Waals surface area contributed by atoms with Gasteiger partial charge in [0, 0.05) is 12.5 Å². The number of carbonyl (C=O) groups excluding carboxylic acids is 2. The summed E-state index contributed by atoms with van der Waals surface area (Å²) in [5.41, 5.74) is 0.302. The lowest BCUT2D eigenvalue weighted by Crippen LogP contribution is -2.45. The van der Waals surface area contributed by atoms with E-state index < -0.39 is 15.1 Å². The highest BCUT2D eigenvalue weighted by Gasteiger charge is 2.36. The van der Waals surface area contributed by atoms with Crippen molar-refractivity contribution < 1.29 is 18.0 Å². The van der Waals surface area contributed by atoms with Crippen molar-refractivity contribution in [3.05, 3.63) is 24.3 Å². The van der Waals surface area contributed by atoms with Crippen LogP contribution in [0.3, 0.4) is 0 Å². The van der Waals surface area contributed by atoms with Crippen molar-refractivity contribution in [3.8, 4) is 0 Å². The van der Waals surface area contributed by atoms with Crippen molar-refractivity contribution in [2.45, 2.75) is 61.6 Å². The quantitative estimate of drug-likeness (QED) is 0.889. The zero-order valence-corrected chi connectivity index (χ0v) is 15.2. The van der Waals surface area contributed by atoms with Gasteiger partial charge in [0.15, 0.2) is 9.84 Å². The smallest absolute Gasteiger partial charge is 0.240 e. The first-order chi connectivity index (χ1) is 11.9. The Morgan fingerprint density at radius 1 is 1.20 bits per heavy atom. The lowest BCUT2D eigenvalue weighted by molar-refractivity contribution is -0.124. The van der Waals surface area contributed by atoms with Crippen LogP contribution in [0.25, 0.3) is 0 Å². The van der Waals surface area contributed by atoms with Crippen LogP contribution in [0.4, 0.5) is 5.69 Å². The zero-order valence-electron chi connectivity index (χ0n) is 14.4. The molecule has 3 rings (SSSR count). The molecule has 1 aliphatic carbocycles. The van der Waals surface area contributed by atoms with E-state index in [2.05, 4.69) is 5.32 Å². The Labute approximate surface area is 148 Å². The predicted octanol–water partition coefficient (Wildman–Crippen LogP) is 2.03. The van der Waals surface area contributed by atoms with Crippen LogP contribution in [0.2, 0.25) is 0 Å². The van der Waals surface area contributed by atoms with Gasteiger partial charge in [-0.2, -0.15) is 0 Å². The van der Waals surface area contributed by atoms with Crippen LogP contribution in [0, 0.1) is 0 Å². The van der Waals surface area contributed by atoms with Crippen LogP contribution < -0.4 is 10.2 Å². The van der Waals surface area contributed by atoms with Crippen molar-refractivity contribution in [1.29, 1.82) is 0 Å². The third-order valence-corrected chi connectivity index (χ3v) is 7.21. The molecule has 7 heteroatoms. The number of para-hydroxylation sites is 1. The Morgan fingerprint density at radius 3 is 2.60 bits per heavy atom. The molecule has 1 aliphatic heterocycles. The van der Waals surface area contributed by atoms with Gasteiger partial charge >= 0.3 is 0 Å². The number of nitrogens with zero attached hydrogens (tertiary/aromatic N) is 1. The largest absolute Gasteiger partial charge is 0.352 e. The maximum atomic E-state index is 12.6. The number of hydrogen-bond acceptors (Lipinski definition) is 4. The molecule has 0 saturated heterocycles. The molecule has 1 fully saturated rings. The maximum Gasteiger partial charge on any atom is 0.240 e. The Kier molecular flexibility index (Phi) is 5.13. The SMILES string of the molecule is CC1CC(=O)N(CC(=O)NC2CCCCC2)c2ccccc2S1(=O)=O. The molecule has 2 aliphatic rings. The molecule has 1 aromatic carbocycles. The number of nitrogens with one attached hydrogen (secondary N) is 1. The molecule has 2 amide bonds. The fourth-order valence-corrected chi connectivity index (χ4v) is 5.11. The first kappa shape index (κ1) is 17.9. The summed E-state index contributed by atoms with van der Waals surface area (Å²) in [7, 11) is -3.58. The van der Waals surface area contributed by atoms with Crippen LogP contribution in [0.1, 0.15) is 45.4 Å². The van der Waals surface area contributed by atoms with Crippen LogP contribution in [-0.4, -0.2) is 38.1 Å². The standard InChI is InChI=1S/C18H24N2O4S/c1-13-11-18(22)20(12-17(21)19-14-7-3-2-4-8-14)15-9-5-6-10-16(15)25(13,23)24/h5-6,9-10,13-14H,2-4,7-8,11-12H2,1H3,(H,19,21). The summed E-state index contributed by atoms with van der Waals surface area (Å²) in [5.74, 6) is -0.568. The second-order valence-corrected chi connectivity index (χ2v) is 9.24. The van der Waals surface area contributed by atoms with Crippen LogP contribution in [0.15, 0.2) is 29.2 Å². The number of anilines is 1. The molecule has 0 bridgehead atoms. The second-order valence-electron chi connectivity index (χ2n) is 6.91. The molecular weight excluding hydrogens is 340 g/mol. The zero-order chi connectivity index (χ0) is 18.0. The number of hydrogen-bond donors (Lipinski definition) is 1. The Bertz CT molecular complexity index is 769. The lowest BCUT2D eigenvalue weighted by atomic mass is 9.95. The molecule has 1 heterocycles. The predicted molar refractivity (Wildman–Crippen MR) is 95.1 cm³/mol. The van der Waals surface area contributed by atoms with E-state index in [1.165, 1.54) is 24.3 Å². The van der Waals surface area contributed by atoms with E-state index in [1.54, 1.807) is 18.2 Å². The molecule has 6 nitrogen and oxygen atoms in total. The Hall–Kier alpha value is -1.89. The topological polar surface area (TPSA) is 83.6 Å². The average Bonchev–Trinajstić information content (AvgIpc) is 2.66. The molecule has 1 aromatic rings. The van der Waals surface area contributed by atoms with Crippen molar-refractivity contribution in [1.82, 2.24) is 5.32 Å². The Balaban J connectivity index is 1.84. The van der Waals surface area contributed by atoms with Gasteiger partial charge < -0.3 is 10.2 Å². The second kappa shape index (κ2) is 7.15. The summed E-state index contributed by atoms with van der Waals surface area (Å²) in [6.07, 6.45) is 5.20. The summed E-state index contributed by atoms with van der Waals surface area (Å²) >= 11 is 0. The van der Waals surface area contributed by atoms with Crippen molar-refractivity contribution in [2.75, 3.05) is 11.4 Å². The van der Waals surface area contributed by atoms with E-state index in [9.17, 15) is 18.0 Å². The molecule has 1 unspecified atom stereocenters. The van der Waals surface area contributed by atoms with E-state index in [0.717, 1.165) is 25.7 Å². The number of amides is 2. The fraction of sp³-hybridized carbons (Fsp3) is 0.556. The fourth-order valence-electron chi connectivity index (χ4n) is 3.57. The normalized spacial score (nSPS) is 23.6. The first-order valence-corrected chi connectivity index (χ1v) is 10.4. The van der Waals surface area contributed by atoms with Crippen molar-refractivity contribution in [3.63, 3.8) is 0 Å². The first-order valence-electron chi connectivity index (χ1n) is 8.82. The average molecular weight is 364 g/mol. The number of benzene rings is 1. The van der Waals surface area contributed by atoms with Crippen molar-refractivity contribution in [2.24, 2.45) is 0 Å². The minimum absolute atomic E-state index is 0.117. The molecule has 0 spiro atoms. The van der Waals surface area contributed by atoms with Crippen molar-refractivity contribution >= 4 is 27.3 Å². The third kappa shape index (κ3) is 3.71. The van der Waals surface area contributed by atoms with Gasteiger partial charge in [0.1, 0.15) is 6.54 Å². The number of rotatable bonds is 3. The van der Waals surface area contributed by atoms with Gasteiger partial charge in [0.2, 0.25) is 11.8 Å². The van der Waals surface area contributed by atoms with Gasteiger partial charge in [-0.25, -0.2) is 8.42 Å². The monoisotopic (exact) mass is 364 g/mol. The highest BCUT2D eigenvalue weighted by Crippen LogP contribution is 2.33. The van der Waals surface area contributed by atoms with Crippen LogP contribution in [0.5, 0.6) is 0 Å². The number of sulfone groups is 1. The van der Waals surface area contributed by atoms with Gasteiger partial charge in [-0.05, 0) is 31.9 Å².